The van der Waals surface area contributed by atoms with Crippen molar-refractivity contribution >= 4 is 29.0 Å². The Morgan fingerprint density at radius 3 is 2.62 bits per heavy atom. The van der Waals surface area contributed by atoms with Gasteiger partial charge in [0.2, 0.25) is 0 Å². The van der Waals surface area contributed by atoms with Gasteiger partial charge in [0.05, 0.1) is 22.3 Å². The molecule has 32 heavy (non-hydrogen) atoms. The Bertz CT molecular complexity index is 1170. The average molecular weight is 440 g/mol. The summed E-state index contributed by atoms with van der Waals surface area (Å²) in [5.41, 5.74) is 1.53. The van der Waals surface area contributed by atoms with Gasteiger partial charge in [0, 0.05) is 11.6 Å². The Labute approximate surface area is 182 Å². The summed E-state index contributed by atoms with van der Waals surface area (Å²) >= 11 is 0. The van der Waals surface area contributed by atoms with Gasteiger partial charge in [0.1, 0.15) is 5.82 Å². The number of imide groups is 1. The van der Waals surface area contributed by atoms with E-state index in [4.69, 9.17) is 9.26 Å². The van der Waals surface area contributed by atoms with Crippen molar-refractivity contribution in [3.63, 3.8) is 0 Å². The van der Waals surface area contributed by atoms with Gasteiger partial charge in [-0.2, -0.15) is 0 Å². The number of nitrogens with zero attached hydrogens (tertiary/aromatic N) is 2. The Morgan fingerprint density at radius 2 is 1.91 bits per heavy atom. The number of rotatable bonds is 5. The third kappa shape index (κ3) is 4.74. The first kappa shape index (κ1) is 21.4. The third-order valence-corrected chi connectivity index (χ3v) is 5.25. The minimum Gasteiger partial charge on any atom is -0.452 e. The minimum atomic E-state index is -0.807. The van der Waals surface area contributed by atoms with Crippen LogP contribution in [-0.4, -0.2) is 40.7 Å². The summed E-state index contributed by atoms with van der Waals surface area (Å²) in [5.74, 6) is -1.97. The second kappa shape index (κ2) is 9.13. The molecule has 2 aromatic heterocycles. The molecule has 0 atom stereocenters. The molecule has 2 N–H and O–H groups in total. The molecule has 0 aliphatic heterocycles. The molecule has 9 nitrogen and oxygen atoms in total. The number of amides is 3. The number of carbonyl (C=O) groups is 3. The molecule has 2 heterocycles. The zero-order valence-corrected chi connectivity index (χ0v) is 17.3. The first-order valence-corrected chi connectivity index (χ1v) is 10.2. The molecule has 1 aromatic carbocycles. The van der Waals surface area contributed by atoms with Crippen molar-refractivity contribution in [1.82, 2.24) is 20.8 Å². The number of pyridine rings is 1. The number of fused-ring (bicyclic) bond motifs is 1. The molecule has 0 unspecified atom stereocenters. The number of hydrogen-bond donors (Lipinski definition) is 2. The van der Waals surface area contributed by atoms with E-state index >= 15 is 0 Å². The van der Waals surface area contributed by atoms with Crippen LogP contribution in [0.2, 0.25) is 0 Å². The molecule has 1 fully saturated rings. The Morgan fingerprint density at radius 1 is 1.19 bits per heavy atom. The largest absolute Gasteiger partial charge is 0.452 e. The van der Waals surface area contributed by atoms with E-state index in [2.05, 4.69) is 20.8 Å². The molecular weight excluding hydrogens is 419 g/mol. The van der Waals surface area contributed by atoms with Gasteiger partial charge >= 0.3 is 12.0 Å². The van der Waals surface area contributed by atoms with Gasteiger partial charge in [-0.25, -0.2) is 19.0 Å². The molecule has 3 amide bonds. The second-order valence-corrected chi connectivity index (χ2v) is 7.59. The number of carbonyl (C=O) groups excluding carboxylic acids is 3. The molecule has 1 aliphatic carbocycles. The van der Waals surface area contributed by atoms with E-state index in [-0.39, 0.29) is 17.3 Å². The monoisotopic (exact) mass is 440 g/mol. The first-order valence-electron chi connectivity index (χ1n) is 10.2. The summed E-state index contributed by atoms with van der Waals surface area (Å²) in [7, 11) is 0. The van der Waals surface area contributed by atoms with Crippen molar-refractivity contribution in [3.05, 3.63) is 47.4 Å². The Hall–Kier alpha value is -3.82. The van der Waals surface area contributed by atoms with Crippen molar-refractivity contribution < 1.29 is 28.0 Å². The van der Waals surface area contributed by atoms with Crippen molar-refractivity contribution in [1.29, 1.82) is 0 Å². The Balaban J connectivity index is 1.47. The Kier molecular flexibility index (Phi) is 6.11. The van der Waals surface area contributed by atoms with Gasteiger partial charge in [-0.1, -0.05) is 18.0 Å². The van der Waals surface area contributed by atoms with E-state index in [1.54, 1.807) is 6.92 Å². The fourth-order valence-electron chi connectivity index (χ4n) is 3.69. The van der Waals surface area contributed by atoms with Gasteiger partial charge in [-0.15, -0.1) is 0 Å². The van der Waals surface area contributed by atoms with Crippen LogP contribution in [0.25, 0.3) is 22.4 Å². The zero-order chi connectivity index (χ0) is 22.7. The molecule has 3 aromatic rings. The molecule has 0 radical (unpaired) electrons. The van der Waals surface area contributed by atoms with Gasteiger partial charge in [0.25, 0.3) is 11.6 Å². The lowest BCUT2D eigenvalue weighted by Crippen LogP contribution is -2.45. The molecule has 10 heteroatoms. The van der Waals surface area contributed by atoms with E-state index < -0.39 is 30.3 Å². The predicted molar refractivity (Wildman–Crippen MR) is 111 cm³/mol. The van der Waals surface area contributed by atoms with Crippen LogP contribution >= 0.6 is 0 Å². The zero-order valence-electron chi connectivity index (χ0n) is 17.3. The van der Waals surface area contributed by atoms with Crippen molar-refractivity contribution in [2.75, 3.05) is 6.61 Å². The molecule has 0 spiro atoms. The summed E-state index contributed by atoms with van der Waals surface area (Å²) < 4.78 is 23.6. The summed E-state index contributed by atoms with van der Waals surface area (Å²) in [5, 5.41) is 9.06. The van der Waals surface area contributed by atoms with E-state index in [1.807, 2.05) is 0 Å². The lowest BCUT2D eigenvalue weighted by Gasteiger charge is -2.12. The number of halogens is 1. The fraction of sp³-hybridized carbons (Fsp3) is 0.318. The topological polar surface area (TPSA) is 123 Å². The van der Waals surface area contributed by atoms with E-state index in [9.17, 15) is 18.8 Å². The van der Waals surface area contributed by atoms with Gasteiger partial charge < -0.3 is 14.6 Å². The smallest absolute Gasteiger partial charge is 0.339 e. The quantitative estimate of drug-likeness (QED) is 0.584. The molecule has 1 saturated carbocycles. The standard InChI is InChI=1S/C22H21FN4O5/c1-12-19-16(10-17(25-20(19)32-27-12)13-6-8-14(23)9-7-13)21(29)31-11-18(28)26-22(30)24-15-4-2-3-5-15/h6-10,15H,2-5,11H2,1H3,(H2,24,26,28,30). The van der Waals surface area contributed by atoms with Gasteiger partial charge in [-0.05, 0) is 50.1 Å². The predicted octanol–water partition coefficient (Wildman–Crippen LogP) is 3.26. The number of hydrogen-bond acceptors (Lipinski definition) is 7. The number of esters is 1. The maximum absolute atomic E-state index is 13.3. The third-order valence-electron chi connectivity index (χ3n) is 5.25. The molecular formula is C22H21FN4O5. The van der Waals surface area contributed by atoms with Crippen molar-refractivity contribution in [2.24, 2.45) is 0 Å². The molecule has 0 bridgehead atoms. The highest BCUT2D eigenvalue weighted by Crippen LogP contribution is 2.27. The van der Waals surface area contributed by atoms with E-state index in [0.29, 0.717) is 22.3 Å². The van der Waals surface area contributed by atoms with Gasteiger partial charge in [-0.3, -0.25) is 10.1 Å². The molecule has 1 aliphatic rings. The number of ether oxygens (including phenoxy) is 1. The maximum Gasteiger partial charge on any atom is 0.339 e. The van der Waals surface area contributed by atoms with Crippen LogP contribution < -0.4 is 10.6 Å². The molecule has 4 rings (SSSR count). The van der Waals surface area contributed by atoms with Crippen LogP contribution in [0.3, 0.4) is 0 Å². The number of benzene rings is 1. The normalized spacial score (nSPS) is 13.8. The SMILES string of the molecule is Cc1noc2nc(-c3ccc(F)cc3)cc(C(=O)OCC(=O)NC(=O)NC3CCCC3)c12. The first-order chi connectivity index (χ1) is 15.4. The van der Waals surface area contributed by atoms with E-state index in [1.165, 1.54) is 30.3 Å². The summed E-state index contributed by atoms with van der Waals surface area (Å²) in [6.45, 7) is 0.999. The second-order valence-electron chi connectivity index (χ2n) is 7.59. The summed E-state index contributed by atoms with van der Waals surface area (Å²) in [6, 6.07) is 6.47. The van der Waals surface area contributed by atoms with Crippen molar-refractivity contribution in [2.45, 2.75) is 38.6 Å². The average Bonchev–Trinajstić information content (AvgIpc) is 3.41. The van der Waals surface area contributed by atoms with Crippen LogP contribution in [0.4, 0.5) is 9.18 Å². The number of urea groups is 1. The highest BCUT2D eigenvalue weighted by atomic mass is 19.1. The number of nitrogens with one attached hydrogen (secondary N) is 2. The van der Waals surface area contributed by atoms with Crippen LogP contribution in [-0.2, 0) is 9.53 Å². The lowest BCUT2D eigenvalue weighted by molar-refractivity contribution is -0.123. The highest BCUT2D eigenvalue weighted by Gasteiger charge is 2.22. The van der Waals surface area contributed by atoms with Gasteiger partial charge in [0.15, 0.2) is 6.61 Å². The van der Waals surface area contributed by atoms with Crippen molar-refractivity contribution in [3.8, 4) is 11.3 Å². The fourth-order valence-corrected chi connectivity index (χ4v) is 3.69. The number of aryl methyl sites for hydroxylation is 1. The van der Waals surface area contributed by atoms with Crippen LogP contribution in [0.5, 0.6) is 0 Å². The highest BCUT2D eigenvalue weighted by molar-refractivity contribution is 6.05. The minimum absolute atomic E-state index is 0.0527. The maximum atomic E-state index is 13.3. The van der Waals surface area contributed by atoms with Crippen LogP contribution in [0, 0.1) is 12.7 Å². The summed E-state index contributed by atoms with van der Waals surface area (Å²) in [4.78, 5) is 41.0. The van der Waals surface area contributed by atoms with Crippen LogP contribution in [0.15, 0.2) is 34.9 Å². The number of aromatic nitrogens is 2. The van der Waals surface area contributed by atoms with Crippen LogP contribution in [0.1, 0.15) is 41.7 Å². The lowest BCUT2D eigenvalue weighted by atomic mass is 10.1. The molecule has 166 valence electrons. The van der Waals surface area contributed by atoms with E-state index in [0.717, 1.165) is 25.7 Å². The summed E-state index contributed by atoms with van der Waals surface area (Å²) in [6.07, 6.45) is 3.84. The molecule has 0 saturated heterocycles.